The molecule has 11 heteroatoms. The first-order chi connectivity index (χ1) is 14.8. The number of nitrogens with zero attached hydrogens (tertiary/aromatic N) is 4. The van der Waals surface area contributed by atoms with E-state index < -0.39 is 17.8 Å². The molecule has 0 spiro atoms. The molecule has 0 saturated heterocycles. The first kappa shape index (κ1) is 20.2. The minimum atomic E-state index is -4.49. The molecule has 4 aromatic rings. The molecule has 3 N–H and O–H groups in total. The van der Waals surface area contributed by atoms with Crippen molar-refractivity contribution in [2.24, 2.45) is 0 Å². The molecule has 158 valence electrons. The zero-order valence-corrected chi connectivity index (χ0v) is 15.7. The number of alkyl halides is 3. The van der Waals surface area contributed by atoms with E-state index in [0.717, 1.165) is 12.1 Å². The van der Waals surface area contributed by atoms with Gasteiger partial charge in [0.25, 0.3) is 0 Å². The Morgan fingerprint density at radius 1 is 1.23 bits per heavy atom. The Bertz CT molecular complexity index is 1270. The number of aliphatic hydroxyl groups is 1. The van der Waals surface area contributed by atoms with Crippen molar-refractivity contribution in [1.82, 2.24) is 19.6 Å². The molecule has 31 heavy (non-hydrogen) atoms. The number of nitrogen functional groups attached to an aromatic ring is 1. The van der Waals surface area contributed by atoms with E-state index in [4.69, 9.17) is 14.9 Å². The molecular formula is C20H14F3N5O3. The van der Waals surface area contributed by atoms with Crippen LogP contribution in [0.1, 0.15) is 11.3 Å². The summed E-state index contributed by atoms with van der Waals surface area (Å²) in [6.45, 7) is -0.335. The fourth-order valence-corrected chi connectivity index (χ4v) is 2.62. The maximum atomic E-state index is 12.7. The molecule has 0 saturated carbocycles. The number of ether oxygens (including phenoxy) is 1. The average Bonchev–Trinajstić information content (AvgIpc) is 3.40. The zero-order valence-electron chi connectivity index (χ0n) is 15.7. The molecule has 8 nitrogen and oxygen atoms in total. The Hall–Kier alpha value is -4.04. The number of anilines is 1. The molecule has 0 aliphatic carbocycles. The first-order valence-electron chi connectivity index (χ1n) is 8.86. The van der Waals surface area contributed by atoms with Crippen LogP contribution >= 0.6 is 0 Å². The van der Waals surface area contributed by atoms with Crippen LogP contribution in [0.3, 0.4) is 0 Å². The summed E-state index contributed by atoms with van der Waals surface area (Å²) >= 11 is 0. The molecule has 0 amide bonds. The topological polar surface area (TPSA) is 112 Å². The summed E-state index contributed by atoms with van der Waals surface area (Å²) in [6.07, 6.45) is -2.80. The lowest BCUT2D eigenvalue weighted by Crippen LogP contribution is -2.15. The highest BCUT2D eigenvalue weighted by atomic mass is 19.4. The second-order valence-corrected chi connectivity index (χ2v) is 6.31. The van der Waals surface area contributed by atoms with E-state index in [1.807, 2.05) is 0 Å². The fraction of sp³-hybridized carbons (Fsp3) is 0.150. The molecule has 1 aromatic carbocycles. The van der Waals surface area contributed by atoms with Crippen molar-refractivity contribution in [2.45, 2.75) is 12.3 Å². The lowest BCUT2D eigenvalue weighted by molar-refractivity contribution is -0.137. The van der Waals surface area contributed by atoms with Crippen molar-refractivity contribution in [3.8, 4) is 29.2 Å². The molecule has 0 fully saturated rings. The Balaban J connectivity index is 1.47. The van der Waals surface area contributed by atoms with Gasteiger partial charge in [-0.3, -0.25) is 0 Å². The molecule has 0 aliphatic rings. The Morgan fingerprint density at radius 2 is 2.06 bits per heavy atom. The predicted molar refractivity (Wildman–Crippen MR) is 103 cm³/mol. The third-order valence-corrected chi connectivity index (χ3v) is 4.02. The van der Waals surface area contributed by atoms with Gasteiger partial charge >= 0.3 is 6.18 Å². The highest BCUT2D eigenvalue weighted by Gasteiger charge is 2.30. The third kappa shape index (κ3) is 4.59. The van der Waals surface area contributed by atoms with E-state index in [1.165, 1.54) is 29.1 Å². The molecule has 0 aliphatic heterocycles. The van der Waals surface area contributed by atoms with E-state index in [2.05, 4.69) is 26.9 Å². The van der Waals surface area contributed by atoms with E-state index in [1.54, 1.807) is 12.1 Å². The van der Waals surface area contributed by atoms with Crippen LogP contribution in [0.25, 0.3) is 17.2 Å². The molecule has 1 atom stereocenters. The average molecular weight is 429 g/mol. The summed E-state index contributed by atoms with van der Waals surface area (Å²) in [7, 11) is 0. The van der Waals surface area contributed by atoms with Gasteiger partial charge in [-0.05, 0) is 36.3 Å². The van der Waals surface area contributed by atoms with Crippen molar-refractivity contribution in [3.05, 3.63) is 60.1 Å². The highest BCUT2D eigenvalue weighted by Crippen LogP contribution is 2.31. The standard InChI is InChI=1S/C20H14F3N5O3/c21-20(22,23)12-3-1-4-15(9-12)31-11-14(29)7-6-13-10-28-19(17(24)25-13)26-18(27-28)16-5-2-8-30-16/h1-5,8-10,14,29H,11H2,(H2,24,25). The second kappa shape index (κ2) is 8.00. The number of nitrogens with two attached hydrogens (primary N) is 1. The normalized spacial score (nSPS) is 12.4. The summed E-state index contributed by atoms with van der Waals surface area (Å²) < 4.78 is 50.0. The lowest BCUT2D eigenvalue weighted by atomic mass is 10.2. The number of aromatic nitrogens is 4. The summed E-state index contributed by atoms with van der Waals surface area (Å²) in [5.41, 5.74) is 5.57. The second-order valence-electron chi connectivity index (χ2n) is 6.31. The van der Waals surface area contributed by atoms with Crippen LogP contribution in [0.15, 0.2) is 53.3 Å². The number of hydrogen-bond acceptors (Lipinski definition) is 7. The monoisotopic (exact) mass is 429 g/mol. The van der Waals surface area contributed by atoms with Crippen LogP contribution in [0.2, 0.25) is 0 Å². The quantitative estimate of drug-likeness (QED) is 0.480. The fourth-order valence-electron chi connectivity index (χ4n) is 2.62. The van der Waals surface area contributed by atoms with E-state index in [9.17, 15) is 18.3 Å². The van der Waals surface area contributed by atoms with Gasteiger partial charge in [-0.1, -0.05) is 12.0 Å². The summed E-state index contributed by atoms with van der Waals surface area (Å²) in [5, 5.41) is 14.2. The number of rotatable bonds is 4. The van der Waals surface area contributed by atoms with Crippen molar-refractivity contribution in [1.29, 1.82) is 0 Å². The predicted octanol–water partition coefficient (Wildman–Crippen LogP) is 2.78. The van der Waals surface area contributed by atoms with Gasteiger partial charge in [0.2, 0.25) is 5.82 Å². The minimum Gasteiger partial charge on any atom is -0.490 e. The van der Waals surface area contributed by atoms with Gasteiger partial charge in [-0.2, -0.15) is 13.2 Å². The van der Waals surface area contributed by atoms with Crippen molar-refractivity contribution in [2.75, 3.05) is 12.3 Å². The maximum Gasteiger partial charge on any atom is 0.416 e. The van der Waals surface area contributed by atoms with E-state index >= 15 is 0 Å². The van der Waals surface area contributed by atoms with Crippen LogP contribution in [-0.4, -0.2) is 37.4 Å². The van der Waals surface area contributed by atoms with Crippen LogP contribution < -0.4 is 10.5 Å². The largest absolute Gasteiger partial charge is 0.490 e. The highest BCUT2D eigenvalue weighted by molar-refractivity contribution is 5.63. The van der Waals surface area contributed by atoms with Crippen LogP contribution in [0.5, 0.6) is 5.75 Å². The molecule has 0 bridgehead atoms. The van der Waals surface area contributed by atoms with Gasteiger partial charge < -0.3 is 20.0 Å². The number of fused-ring (bicyclic) bond motifs is 1. The van der Waals surface area contributed by atoms with E-state index in [0.29, 0.717) is 17.2 Å². The minimum absolute atomic E-state index is 0.0347. The number of hydrogen-bond donors (Lipinski definition) is 2. The third-order valence-electron chi connectivity index (χ3n) is 4.02. The number of furan rings is 1. The molecule has 0 radical (unpaired) electrons. The Morgan fingerprint density at radius 3 is 2.81 bits per heavy atom. The summed E-state index contributed by atoms with van der Waals surface area (Å²) in [4.78, 5) is 8.35. The molecule has 3 aromatic heterocycles. The van der Waals surface area contributed by atoms with Gasteiger partial charge in [0.15, 0.2) is 17.2 Å². The Labute approximate surface area is 173 Å². The first-order valence-corrected chi connectivity index (χ1v) is 8.86. The van der Waals surface area contributed by atoms with E-state index in [-0.39, 0.29) is 23.9 Å². The van der Waals surface area contributed by atoms with Crippen LogP contribution in [0.4, 0.5) is 19.0 Å². The smallest absolute Gasteiger partial charge is 0.416 e. The van der Waals surface area contributed by atoms with Gasteiger partial charge in [0.1, 0.15) is 24.2 Å². The van der Waals surface area contributed by atoms with Crippen LogP contribution in [0, 0.1) is 11.8 Å². The number of aliphatic hydroxyl groups excluding tert-OH is 1. The SMILES string of the molecule is Nc1nc(C#CC(O)COc2cccc(C(F)(F)F)c2)cn2nc(-c3ccco3)nc12. The summed E-state index contributed by atoms with van der Waals surface area (Å²) in [6, 6.07) is 7.73. The molecule has 1 unspecified atom stereocenters. The van der Waals surface area contributed by atoms with Gasteiger partial charge in [0, 0.05) is 0 Å². The molecule has 4 rings (SSSR count). The van der Waals surface area contributed by atoms with Crippen molar-refractivity contribution in [3.63, 3.8) is 0 Å². The van der Waals surface area contributed by atoms with Gasteiger partial charge in [-0.25, -0.2) is 14.5 Å². The van der Waals surface area contributed by atoms with Crippen molar-refractivity contribution >= 4 is 11.5 Å². The number of halogens is 3. The maximum absolute atomic E-state index is 12.7. The lowest BCUT2D eigenvalue weighted by Gasteiger charge is -2.10. The summed E-state index contributed by atoms with van der Waals surface area (Å²) in [5.74, 6) is 5.95. The zero-order chi connectivity index (χ0) is 22.0. The van der Waals surface area contributed by atoms with Gasteiger partial charge in [0.05, 0.1) is 18.0 Å². The molecular weight excluding hydrogens is 415 g/mol. The Kier molecular flexibility index (Phi) is 5.22. The number of benzene rings is 1. The molecule has 3 heterocycles. The van der Waals surface area contributed by atoms with Gasteiger partial charge in [-0.15, -0.1) is 5.10 Å². The van der Waals surface area contributed by atoms with Crippen molar-refractivity contribution < 1.29 is 27.4 Å². The van der Waals surface area contributed by atoms with Crippen LogP contribution in [-0.2, 0) is 6.18 Å².